The van der Waals surface area contributed by atoms with Crippen molar-refractivity contribution in [3.63, 3.8) is 0 Å². The lowest BCUT2D eigenvalue weighted by Crippen LogP contribution is -2.15. The number of aromatic nitrogens is 3. The number of nitrogens with zero attached hydrogens (tertiary/aromatic N) is 3. The molecule has 0 fully saturated rings. The van der Waals surface area contributed by atoms with Crippen LogP contribution in [0.25, 0.3) is 22.0 Å². The number of fused-ring (bicyclic) bond motifs is 1. The number of pyridine rings is 1. The predicted molar refractivity (Wildman–Crippen MR) is 102 cm³/mol. The number of benzene rings is 2. The SMILES string of the molecule is N[C@@H](Cc1ccccc1)c1cc(-c2ccc3nccc(O)c3c2)cnn1. The largest absolute Gasteiger partial charge is 0.507 e. The van der Waals surface area contributed by atoms with Crippen LogP contribution in [-0.2, 0) is 6.42 Å². The molecule has 4 aromatic rings. The number of aromatic hydroxyl groups is 1. The van der Waals surface area contributed by atoms with Gasteiger partial charge >= 0.3 is 0 Å². The lowest BCUT2D eigenvalue weighted by Gasteiger charge is -2.12. The van der Waals surface area contributed by atoms with Gasteiger partial charge in [0.25, 0.3) is 0 Å². The molecule has 3 N–H and O–H groups in total. The summed E-state index contributed by atoms with van der Waals surface area (Å²) in [6, 6.07) is 19.1. The van der Waals surface area contributed by atoms with Crippen LogP contribution in [0.15, 0.2) is 73.1 Å². The minimum Gasteiger partial charge on any atom is -0.507 e. The van der Waals surface area contributed by atoms with E-state index in [1.807, 2.05) is 42.5 Å². The molecule has 5 nitrogen and oxygen atoms in total. The molecule has 4 rings (SSSR count). The van der Waals surface area contributed by atoms with Crippen molar-refractivity contribution in [3.8, 4) is 16.9 Å². The zero-order chi connectivity index (χ0) is 17.9. The van der Waals surface area contributed by atoms with Crippen LogP contribution >= 0.6 is 0 Å². The molecule has 128 valence electrons. The summed E-state index contributed by atoms with van der Waals surface area (Å²) in [7, 11) is 0. The van der Waals surface area contributed by atoms with E-state index in [9.17, 15) is 5.11 Å². The van der Waals surface area contributed by atoms with Crippen LogP contribution < -0.4 is 5.73 Å². The van der Waals surface area contributed by atoms with Crippen LogP contribution in [0.1, 0.15) is 17.3 Å². The van der Waals surface area contributed by atoms with E-state index in [1.54, 1.807) is 18.5 Å². The lowest BCUT2D eigenvalue weighted by molar-refractivity contribution is 0.481. The van der Waals surface area contributed by atoms with Crippen molar-refractivity contribution < 1.29 is 5.11 Å². The van der Waals surface area contributed by atoms with Crippen molar-refractivity contribution in [1.82, 2.24) is 15.2 Å². The van der Waals surface area contributed by atoms with Crippen LogP contribution in [0.2, 0.25) is 0 Å². The third kappa shape index (κ3) is 3.25. The van der Waals surface area contributed by atoms with E-state index >= 15 is 0 Å². The molecule has 0 saturated heterocycles. The van der Waals surface area contributed by atoms with Gasteiger partial charge in [-0.3, -0.25) is 4.98 Å². The van der Waals surface area contributed by atoms with Crippen molar-refractivity contribution in [2.45, 2.75) is 12.5 Å². The Morgan fingerprint density at radius 1 is 0.962 bits per heavy atom. The van der Waals surface area contributed by atoms with Gasteiger partial charge in [0.05, 0.1) is 23.4 Å². The summed E-state index contributed by atoms with van der Waals surface area (Å²) < 4.78 is 0. The third-order valence-electron chi connectivity index (χ3n) is 4.40. The first-order chi connectivity index (χ1) is 12.7. The zero-order valence-electron chi connectivity index (χ0n) is 14.1. The second kappa shape index (κ2) is 6.90. The molecule has 1 atom stereocenters. The normalized spacial score (nSPS) is 12.2. The number of hydrogen-bond donors (Lipinski definition) is 2. The molecule has 0 saturated carbocycles. The molecule has 0 aliphatic carbocycles. The maximum Gasteiger partial charge on any atom is 0.126 e. The first kappa shape index (κ1) is 16.2. The Hall–Kier alpha value is -3.31. The van der Waals surface area contributed by atoms with Gasteiger partial charge in [0.15, 0.2) is 0 Å². The van der Waals surface area contributed by atoms with Gasteiger partial charge in [-0.15, -0.1) is 0 Å². The van der Waals surface area contributed by atoms with Crippen molar-refractivity contribution >= 4 is 10.9 Å². The molecule has 0 amide bonds. The molecule has 2 aromatic carbocycles. The fraction of sp³-hybridized carbons (Fsp3) is 0.0952. The van der Waals surface area contributed by atoms with Gasteiger partial charge in [0.1, 0.15) is 5.75 Å². The molecule has 2 heterocycles. The fourth-order valence-corrected chi connectivity index (χ4v) is 3.01. The third-order valence-corrected chi connectivity index (χ3v) is 4.40. The van der Waals surface area contributed by atoms with Crippen LogP contribution in [-0.4, -0.2) is 20.3 Å². The second-order valence-corrected chi connectivity index (χ2v) is 6.23. The maximum absolute atomic E-state index is 10.1. The minimum absolute atomic E-state index is 0.208. The molecule has 0 radical (unpaired) electrons. The van der Waals surface area contributed by atoms with E-state index in [0.717, 1.165) is 27.9 Å². The molecule has 0 bridgehead atoms. The van der Waals surface area contributed by atoms with Crippen molar-refractivity contribution in [2.24, 2.45) is 5.73 Å². The summed E-state index contributed by atoms with van der Waals surface area (Å²) in [5.41, 5.74) is 10.8. The van der Waals surface area contributed by atoms with Gasteiger partial charge < -0.3 is 10.8 Å². The molecule has 0 unspecified atom stereocenters. The number of rotatable bonds is 4. The molecule has 0 aliphatic heterocycles. The van der Waals surface area contributed by atoms with Crippen molar-refractivity contribution in [2.75, 3.05) is 0 Å². The summed E-state index contributed by atoms with van der Waals surface area (Å²) >= 11 is 0. The molecule has 5 heteroatoms. The highest BCUT2D eigenvalue weighted by molar-refractivity contribution is 5.88. The van der Waals surface area contributed by atoms with Gasteiger partial charge in [-0.1, -0.05) is 36.4 Å². The zero-order valence-corrected chi connectivity index (χ0v) is 14.1. The molecule has 2 aromatic heterocycles. The summed E-state index contributed by atoms with van der Waals surface area (Å²) in [6.07, 6.45) is 3.99. The highest BCUT2D eigenvalue weighted by Crippen LogP contribution is 2.29. The van der Waals surface area contributed by atoms with Crippen LogP contribution in [0, 0.1) is 0 Å². The smallest absolute Gasteiger partial charge is 0.126 e. The monoisotopic (exact) mass is 342 g/mol. The van der Waals surface area contributed by atoms with Gasteiger partial charge in [-0.2, -0.15) is 10.2 Å². The maximum atomic E-state index is 10.1. The van der Waals surface area contributed by atoms with E-state index < -0.39 is 0 Å². The van der Waals surface area contributed by atoms with Gasteiger partial charge in [0.2, 0.25) is 0 Å². The first-order valence-electron chi connectivity index (χ1n) is 8.41. The Balaban J connectivity index is 1.66. The molecular formula is C21H18N4O. The average molecular weight is 342 g/mol. The highest BCUT2D eigenvalue weighted by Gasteiger charge is 2.12. The van der Waals surface area contributed by atoms with E-state index in [-0.39, 0.29) is 11.8 Å². The number of nitrogens with two attached hydrogens (primary N) is 1. The Labute approximate surface area is 151 Å². The molecule has 0 aliphatic rings. The summed E-state index contributed by atoms with van der Waals surface area (Å²) in [5, 5.41) is 19.1. The molecule has 0 spiro atoms. The Bertz CT molecular complexity index is 1050. The summed E-state index contributed by atoms with van der Waals surface area (Å²) in [5.74, 6) is 0.208. The van der Waals surface area contributed by atoms with Crippen molar-refractivity contribution in [1.29, 1.82) is 0 Å². The van der Waals surface area contributed by atoms with Crippen molar-refractivity contribution in [3.05, 3.63) is 84.3 Å². The second-order valence-electron chi connectivity index (χ2n) is 6.23. The minimum atomic E-state index is -0.236. The first-order valence-corrected chi connectivity index (χ1v) is 8.41. The summed E-state index contributed by atoms with van der Waals surface area (Å²) in [6.45, 7) is 0. The number of hydrogen-bond acceptors (Lipinski definition) is 5. The van der Waals surface area contributed by atoms with Crippen LogP contribution in [0.4, 0.5) is 0 Å². The van der Waals surface area contributed by atoms with Gasteiger partial charge in [0, 0.05) is 17.1 Å². The van der Waals surface area contributed by atoms with Crippen LogP contribution in [0.5, 0.6) is 5.75 Å². The van der Waals surface area contributed by atoms with E-state index in [2.05, 4.69) is 27.3 Å². The predicted octanol–water partition coefficient (Wildman–Crippen LogP) is 3.64. The molecule has 26 heavy (non-hydrogen) atoms. The van der Waals surface area contributed by atoms with Gasteiger partial charge in [-0.25, -0.2) is 0 Å². The Kier molecular flexibility index (Phi) is 4.29. The standard InChI is InChI=1S/C21H18N4O/c22-18(10-14-4-2-1-3-5-14)20-12-16(13-24-25-20)15-6-7-19-17(11-15)21(26)8-9-23-19/h1-9,11-13,18H,10,22H2,(H,23,26)/t18-/m0/s1. The Morgan fingerprint density at radius 3 is 2.65 bits per heavy atom. The van der Waals surface area contributed by atoms with Gasteiger partial charge in [-0.05, 0) is 41.8 Å². The van der Waals surface area contributed by atoms with E-state index in [4.69, 9.17) is 5.73 Å². The average Bonchev–Trinajstić information content (AvgIpc) is 2.69. The van der Waals surface area contributed by atoms with E-state index in [1.165, 1.54) is 0 Å². The quantitative estimate of drug-likeness (QED) is 0.591. The lowest BCUT2D eigenvalue weighted by atomic mass is 10.0. The van der Waals surface area contributed by atoms with E-state index in [0.29, 0.717) is 11.8 Å². The fourth-order valence-electron chi connectivity index (χ4n) is 3.01. The molecular weight excluding hydrogens is 324 g/mol. The Morgan fingerprint density at radius 2 is 1.81 bits per heavy atom. The topological polar surface area (TPSA) is 84.9 Å². The highest BCUT2D eigenvalue weighted by atomic mass is 16.3. The summed E-state index contributed by atoms with van der Waals surface area (Å²) in [4.78, 5) is 4.26. The van der Waals surface area contributed by atoms with Crippen LogP contribution in [0.3, 0.4) is 0 Å².